The molecule has 0 saturated heterocycles. The van der Waals surface area contributed by atoms with Gasteiger partial charge in [-0.3, -0.25) is 5.32 Å². The molecule has 2 rings (SSSR count). The first-order valence-electron chi connectivity index (χ1n) is 5.26. The van der Waals surface area contributed by atoms with Gasteiger partial charge in [-0.2, -0.15) is 13.2 Å². The highest BCUT2D eigenvalue weighted by molar-refractivity contribution is 7.17. The number of nitrogens with one attached hydrogen (secondary N) is 1. The summed E-state index contributed by atoms with van der Waals surface area (Å²) in [5, 5.41) is 11.0. The molecule has 21 heavy (non-hydrogen) atoms. The number of carboxylic acid groups (broad SMARTS) is 1. The molecule has 0 aliphatic rings. The standard InChI is InChI=1S/C10H6ClF3N4O2S/c1-3-6(7(19)20)21-9(15-3)18-8-16-4(10(12,13)14)2-5(11)17-8/h2H,1H3,(H,19,20)(H,15,16,17,18). The van der Waals surface area contributed by atoms with E-state index in [9.17, 15) is 18.0 Å². The Morgan fingerprint density at radius 3 is 2.57 bits per heavy atom. The minimum Gasteiger partial charge on any atom is -0.477 e. The fraction of sp³-hybridized carbons (Fsp3) is 0.200. The zero-order valence-electron chi connectivity index (χ0n) is 10.2. The molecule has 0 fully saturated rings. The molecule has 2 heterocycles. The molecule has 2 aromatic rings. The Morgan fingerprint density at radius 1 is 1.38 bits per heavy atom. The number of aryl methyl sites for hydroxylation is 1. The van der Waals surface area contributed by atoms with Crippen molar-refractivity contribution in [2.45, 2.75) is 13.1 Å². The molecule has 6 nitrogen and oxygen atoms in total. The molecule has 0 aliphatic carbocycles. The lowest BCUT2D eigenvalue weighted by molar-refractivity contribution is -0.141. The Morgan fingerprint density at radius 2 is 2.05 bits per heavy atom. The minimum absolute atomic E-state index is 0.0319. The Bertz CT molecular complexity index is 704. The first-order valence-corrected chi connectivity index (χ1v) is 6.46. The van der Waals surface area contributed by atoms with Gasteiger partial charge in [0.2, 0.25) is 5.95 Å². The number of hydrogen-bond donors (Lipinski definition) is 2. The van der Waals surface area contributed by atoms with E-state index in [1.807, 2.05) is 0 Å². The van der Waals surface area contributed by atoms with Crippen LogP contribution in [0.4, 0.5) is 24.3 Å². The highest BCUT2D eigenvalue weighted by atomic mass is 35.5. The van der Waals surface area contributed by atoms with Gasteiger partial charge in [-0.25, -0.2) is 19.7 Å². The van der Waals surface area contributed by atoms with Gasteiger partial charge in [-0.05, 0) is 6.92 Å². The first-order chi connectivity index (χ1) is 9.66. The van der Waals surface area contributed by atoms with Gasteiger partial charge in [0.05, 0.1) is 5.69 Å². The number of carbonyl (C=O) groups is 1. The Hall–Kier alpha value is -1.94. The quantitative estimate of drug-likeness (QED) is 0.834. The summed E-state index contributed by atoms with van der Waals surface area (Å²) >= 11 is 6.26. The topological polar surface area (TPSA) is 88.0 Å². The molecule has 0 saturated carbocycles. The molecule has 11 heteroatoms. The molecule has 0 atom stereocenters. The van der Waals surface area contributed by atoms with Gasteiger partial charge in [0, 0.05) is 6.07 Å². The molecule has 0 aliphatic heterocycles. The maximum atomic E-state index is 12.6. The van der Waals surface area contributed by atoms with E-state index in [-0.39, 0.29) is 15.7 Å². The highest BCUT2D eigenvalue weighted by Gasteiger charge is 2.33. The Labute approximate surface area is 124 Å². The van der Waals surface area contributed by atoms with Crippen LogP contribution in [0.25, 0.3) is 0 Å². The third-order valence-corrected chi connectivity index (χ3v) is 3.45. The summed E-state index contributed by atoms with van der Waals surface area (Å²) in [6.45, 7) is 1.46. The summed E-state index contributed by atoms with van der Waals surface area (Å²) in [6.07, 6.45) is -4.67. The van der Waals surface area contributed by atoms with Gasteiger partial charge in [-0.15, -0.1) is 0 Å². The van der Waals surface area contributed by atoms with Crippen molar-refractivity contribution in [2.75, 3.05) is 5.32 Å². The number of halogens is 4. The van der Waals surface area contributed by atoms with Gasteiger partial charge in [0.1, 0.15) is 10.0 Å². The number of carboxylic acids is 1. The van der Waals surface area contributed by atoms with Gasteiger partial charge in [0.25, 0.3) is 0 Å². The van der Waals surface area contributed by atoms with Crippen LogP contribution in [0.3, 0.4) is 0 Å². The summed E-state index contributed by atoms with van der Waals surface area (Å²) < 4.78 is 37.8. The minimum atomic E-state index is -4.67. The largest absolute Gasteiger partial charge is 0.477 e. The van der Waals surface area contributed by atoms with Gasteiger partial charge in [0.15, 0.2) is 10.8 Å². The normalized spacial score (nSPS) is 11.5. The van der Waals surface area contributed by atoms with Crippen LogP contribution in [0.5, 0.6) is 0 Å². The van der Waals surface area contributed by atoms with E-state index in [4.69, 9.17) is 16.7 Å². The fourth-order valence-electron chi connectivity index (χ4n) is 1.36. The van der Waals surface area contributed by atoms with E-state index in [1.54, 1.807) is 0 Å². The summed E-state index contributed by atoms with van der Waals surface area (Å²) in [6, 6.07) is 0.586. The summed E-state index contributed by atoms with van der Waals surface area (Å²) in [7, 11) is 0. The van der Waals surface area contributed by atoms with E-state index in [0.717, 1.165) is 11.3 Å². The van der Waals surface area contributed by atoms with E-state index in [1.165, 1.54) is 6.92 Å². The van der Waals surface area contributed by atoms with Gasteiger partial charge in [-0.1, -0.05) is 22.9 Å². The van der Waals surface area contributed by atoms with Crippen molar-refractivity contribution in [2.24, 2.45) is 0 Å². The lowest BCUT2D eigenvalue weighted by Crippen LogP contribution is -2.10. The van der Waals surface area contributed by atoms with Crippen molar-refractivity contribution in [1.29, 1.82) is 0 Å². The molecule has 0 bridgehead atoms. The fourth-order valence-corrected chi connectivity index (χ4v) is 2.35. The first kappa shape index (κ1) is 15.4. The smallest absolute Gasteiger partial charge is 0.433 e. The number of anilines is 2. The number of alkyl halides is 3. The van der Waals surface area contributed by atoms with E-state index < -0.39 is 28.9 Å². The molecule has 0 radical (unpaired) electrons. The van der Waals surface area contributed by atoms with Crippen LogP contribution in [0.15, 0.2) is 6.07 Å². The summed E-state index contributed by atoms with van der Waals surface area (Å²) in [4.78, 5) is 21.6. The van der Waals surface area contributed by atoms with Crippen molar-refractivity contribution in [3.8, 4) is 0 Å². The molecular formula is C10H6ClF3N4O2S. The van der Waals surface area contributed by atoms with Crippen LogP contribution < -0.4 is 5.32 Å². The number of aromatic nitrogens is 3. The molecule has 2 N–H and O–H groups in total. The molecule has 112 valence electrons. The van der Waals surface area contributed by atoms with Crippen molar-refractivity contribution >= 4 is 40.0 Å². The summed E-state index contributed by atoms with van der Waals surface area (Å²) in [5.41, 5.74) is -0.982. The zero-order valence-corrected chi connectivity index (χ0v) is 11.8. The van der Waals surface area contributed by atoms with E-state index >= 15 is 0 Å². The summed E-state index contributed by atoms with van der Waals surface area (Å²) in [5.74, 6) is -1.60. The molecule has 0 aromatic carbocycles. The predicted molar refractivity (Wildman–Crippen MR) is 69.1 cm³/mol. The second kappa shape index (κ2) is 5.45. The second-order valence-corrected chi connectivity index (χ2v) is 5.15. The molecule has 0 spiro atoms. The monoisotopic (exact) mass is 338 g/mol. The van der Waals surface area contributed by atoms with Crippen molar-refractivity contribution in [3.63, 3.8) is 0 Å². The SMILES string of the molecule is Cc1nc(Nc2nc(Cl)cc(C(F)(F)F)n2)sc1C(=O)O. The third-order valence-electron chi connectivity index (χ3n) is 2.19. The third kappa shape index (κ3) is 3.58. The lowest BCUT2D eigenvalue weighted by Gasteiger charge is -2.08. The van der Waals surface area contributed by atoms with Crippen LogP contribution in [0.2, 0.25) is 5.15 Å². The average Bonchev–Trinajstić information content (AvgIpc) is 2.68. The van der Waals surface area contributed by atoms with Crippen LogP contribution in [0, 0.1) is 6.92 Å². The Balaban J connectivity index is 2.34. The molecule has 2 aromatic heterocycles. The van der Waals surface area contributed by atoms with Crippen molar-refractivity contribution in [1.82, 2.24) is 15.0 Å². The number of thiazole rings is 1. The van der Waals surface area contributed by atoms with Gasteiger partial charge >= 0.3 is 12.1 Å². The van der Waals surface area contributed by atoms with Crippen LogP contribution >= 0.6 is 22.9 Å². The number of nitrogens with zero attached hydrogens (tertiary/aromatic N) is 3. The molecule has 0 amide bonds. The number of hydrogen-bond acceptors (Lipinski definition) is 6. The number of rotatable bonds is 3. The Kier molecular flexibility index (Phi) is 4.01. The maximum absolute atomic E-state index is 12.6. The van der Waals surface area contributed by atoms with Crippen molar-refractivity contribution < 1.29 is 23.1 Å². The molecular weight excluding hydrogens is 333 g/mol. The van der Waals surface area contributed by atoms with E-state index in [0.29, 0.717) is 6.07 Å². The number of aromatic carboxylic acids is 1. The predicted octanol–water partition coefficient (Wildman–Crippen LogP) is 3.36. The van der Waals surface area contributed by atoms with Crippen molar-refractivity contribution in [3.05, 3.63) is 27.5 Å². The lowest BCUT2D eigenvalue weighted by atomic mass is 10.4. The van der Waals surface area contributed by atoms with Crippen LogP contribution in [0.1, 0.15) is 21.1 Å². The van der Waals surface area contributed by atoms with Crippen LogP contribution in [-0.4, -0.2) is 26.0 Å². The maximum Gasteiger partial charge on any atom is 0.433 e. The highest BCUT2D eigenvalue weighted by Crippen LogP contribution is 2.31. The molecule has 0 unspecified atom stereocenters. The van der Waals surface area contributed by atoms with E-state index in [2.05, 4.69) is 20.3 Å². The average molecular weight is 339 g/mol. The second-order valence-electron chi connectivity index (χ2n) is 3.76. The zero-order chi connectivity index (χ0) is 15.8. The van der Waals surface area contributed by atoms with Gasteiger partial charge < -0.3 is 5.11 Å². The van der Waals surface area contributed by atoms with Crippen LogP contribution in [-0.2, 0) is 6.18 Å².